The third kappa shape index (κ3) is 3.96. The third-order valence-corrected chi connectivity index (χ3v) is 6.75. The molecule has 1 aliphatic rings. The standard InChI is InChI=1S/C27H25FN4O4/c1-2-30(16-17-7-4-3-5-8-17)22-23(26(35)25(22)34)31-11-13-32(14-12-31)27(36)24(33)18-15-29-20-10-6-9-19(28)21(18)20/h3-10,15,29H,2,11-14,16H2,1H3. The molecule has 2 heterocycles. The van der Waals surface area contributed by atoms with Crippen molar-refractivity contribution in [2.75, 3.05) is 42.5 Å². The van der Waals surface area contributed by atoms with Gasteiger partial charge >= 0.3 is 0 Å². The Hall–Kier alpha value is -4.27. The molecule has 0 saturated carbocycles. The zero-order chi connectivity index (χ0) is 25.4. The van der Waals surface area contributed by atoms with Gasteiger partial charge in [0.05, 0.1) is 5.56 Å². The number of H-pyrrole nitrogens is 1. The summed E-state index contributed by atoms with van der Waals surface area (Å²) in [7, 11) is 0. The first kappa shape index (κ1) is 23.5. The number of carbonyl (C=O) groups excluding carboxylic acids is 2. The molecule has 1 aliphatic heterocycles. The number of hydrogen-bond donors (Lipinski definition) is 1. The summed E-state index contributed by atoms with van der Waals surface area (Å²) in [6.45, 7) is 4.02. The van der Waals surface area contributed by atoms with Gasteiger partial charge in [0.25, 0.3) is 22.5 Å². The second-order valence-electron chi connectivity index (χ2n) is 8.83. The highest BCUT2D eigenvalue weighted by molar-refractivity contribution is 6.44. The zero-order valence-corrected chi connectivity index (χ0v) is 19.8. The van der Waals surface area contributed by atoms with E-state index in [0.717, 1.165) is 5.56 Å². The SMILES string of the molecule is CCN(Cc1ccccc1)c1c(N2CCN(C(=O)C(=O)c3c[nH]c4cccc(F)c34)CC2)c(=O)c1=O. The summed E-state index contributed by atoms with van der Waals surface area (Å²) in [6, 6.07) is 14.1. The van der Waals surface area contributed by atoms with Crippen LogP contribution in [-0.2, 0) is 11.3 Å². The monoisotopic (exact) mass is 488 g/mol. The number of piperazine rings is 1. The van der Waals surface area contributed by atoms with Crippen molar-refractivity contribution in [2.45, 2.75) is 13.5 Å². The number of halogens is 1. The van der Waals surface area contributed by atoms with E-state index in [-0.39, 0.29) is 24.0 Å². The first-order chi connectivity index (χ1) is 17.4. The molecular weight excluding hydrogens is 463 g/mol. The number of benzene rings is 2. The highest BCUT2D eigenvalue weighted by Crippen LogP contribution is 2.27. The van der Waals surface area contributed by atoms with Crippen molar-refractivity contribution in [3.8, 4) is 0 Å². The Morgan fingerprint density at radius 2 is 1.69 bits per heavy atom. The minimum absolute atomic E-state index is 0.000193. The minimum Gasteiger partial charge on any atom is -0.363 e. The number of ketones is 1. The molecule has 3 aromatic carbocycles. The highest BCUT2D eigenvalue weighted by Gasteiger charge is 2.34. The van der Waals surface area contributed by atoms with Gasteiger partial charge in [-0.1, -0.05) is 36.4 Å². The van der Waals surface area contributed by atoms with Crippen LogP contribution in [0.4, 0.5) is 15.8 Å². The number of amides is 1. The van der Waals surface area contributed by atoms with Gasteiger partial charge in [0, 0.05) is 56.4 Å². The van der Waals surface area contributed by atoms with E-state index >= 15 is 0 Å². The molecule has 9 heteroatoms. The Balaban J connectivity index is 1.30. The van der Waals surface area contributed by atoms with E-state index in [1.807, 2.05) is 47.1 Å². The van der Waals surface area contributed by atoms with Crippen LogP contribution in [-0.4, -0.2) is 54.3 Å². The van der Waals surface area contributed by atoms with Crippen molar-refractivity contribution < 1.29 is 14.0 Å². The maximum absolute atomic E-state index is 14.3. The Bertz CT molecular complexity index is 1510. The number of aromatic nitrogens is 1. The summed E-state index contributed by atoms with van der Waals surface area (Å²) in [6.07, 6.45) is 1.35. The van der Waals surface area contributed by atoms with Crippen LogP contribution in [0.2, 0.25) is 0 Å². The molecule has 184 valence electrons. The molecule has 0 aliphatic carbocycles. The fraction of sp³-hybridized carbons (Fsp3) is 0.259. The molecule has 1 saturated heterocycles. The van der Waals surface area contributed by atoms with Gasteiger partial charge in [-0.2, -0.15) is 0 Å². The number of carbonyl (C=O) groups is 2. The Morgan fingerprint density at radius 1 is 0.972 bits per heavy atom. The van der Waals surface area contributed by atoms with Crippen molar-refractivity contribution in [1.82, 2.24) is 9.88 Å². The average Bonchev–Trinajstić information content (AvgIpc) is 3.35. The second kappa shape index (κ2) is 9.41. The number of anilines is 2. The van der Waals surface area contributed by atoms with Gasteiger partial charge in [0.1, 0.15) is 17.2 Å². The molecule has 1 fully saturated rings. The van der Waals surface area contributed by atoms with E-state index in [0.29, 0.717) is 43.1 Å². The van der Waals surface area contributed by atoms with Crippen LogP contribution < -0.4 is 20.7 Å². The van der Waals surface area contributed by atoms with Crippen LogP contribution in [0.15, 0.2) is 64.3 Å². The summed E-state index contributed by atoms with van der Waals surface area (Å²) >= 11 is 0. The molecule has 0 unspecified atom stereocenters. The number of aromatic amines is 1. The third-order valence-electron chi connectivity index (χ3n) is 6.75. The van der Waals surface area contributed by atoms with E-state index in [4.69, 9.17) is 0 Å². The summed E-state index contributed by atoms with van der Waals surface area (Å²) in [5, 5.41) is 0.0981. The van der Waals surface area contributed by atoms with Gasteiger partial charge in [0.2, 0.25) is 0 Å². The smallest absolute Gasteiger partial charge is 0.295 e. The topological polar surface area (TPSA) is 93.8 Å². The lowest BCUT2D eigenvalue weighted by Gasteiger charge is -2.38. The van der Waals surface area contributed by atoms with E-state index in [1.165, 1.54) is 23.2 Å². The minimum atomic E-state index is -0.783. The molecule has 0 bridgehead atoms. The van der Waals surface area contributed by atoms with Gasteiger partial charge in [-0.15, -0.1) is 0 Å². The number of rotatable bonds is 7. The lowest BCUT2D eigenvalue weighted by atomic mass is 10.1. The molecule has 0 atom stereocenters. The number of Topliss-reactive ketones (excluding diaryl/α,β-unsaturated/α-hetero) is 1. The van der Waals surface area contributed by atoms with Crippen LogP contribution in [0.25, 0.3) is 10.9 Å². The zero-order valence-electron chi connectivity index (χ0n) is 19.8. The van der Waals surface area contributed by atoms with Gasteiger partial charge < -0.3 is 19.7 Å². The first-order valence-corrected chi connectivity index (χ1v) is 11.9. The summed E-state index contributed by atoms with van der Waals surface area (Å²) in [4.78, 5) is 58.8. The molecule has 4 aromatic rings. The first-order valence-electron chi connectivity index (χ1n) is 11.9. The lowest BCUT2D eigenvalue weighted by Crippen LogP contribution is -2.54. The largest absolute Gasteiger partial charge is 0.363 e. The molecule has 0 spiro atoms. The fourth-order valence-corrected chi connectivity index (χ4v) is 4.82. The van der Waals surface area contributed by atoms with Gasteiger partial charge in [-0.05, 0) is 24.6 Å². The van der Waals surface area contributed by atoms with E-state index < -0.39 is 28.4 Å². The quantitative estimate of drug-likeness (QED) is 0.317. The predicted octanol–water partition coefficient (Wildman–Crippen LogP) is 2.46. The number of hydrogen-bond acceptors (Lipinski definition) is 6. The Labute approximate surface area is 206 Å². The molecule has 0 radical (unpaired) electrons. The van der Waals surface area contributed by atoms with E-state index in [9.17, 15) is 23.6 Å². The summed E-state index contributed by atoms with van der Waals surface area (Å²) in [5.41, 5.74) is 1.21. The molecule has 1 N–H and O–H groups in total. The number of nitrogens with zero attached hydrogens (tertiary/aromatic N) is 3. The van der Waals surface area contributed by atoms with E-state index in [2.05, 4.69) is 4.98 Å². The van der Waals surface area contributed by atoms with E-state index in [1.54, 1.807) is 6.07 Å². The molecule has 1 aromatic heterocycles. The summed E-state index contributed by atoms with van der Waals surface area (Å²) < 4.78 is 14.3. The maximum Gasteiger partial charge on any atom is 0.295 e. The summed E-state index contributed by atoms with van der Waals surface area (Å²) in [5.74, 6) is -2.07. The van der Waals surface area contributed by atoms with Crippen LogP contribution in [0.3, 0.4) is 0 Å². The Morgan fingerprint density at radius 3 is 2.39 bits per heavy atom. The molecule has 1 amide bonds. The van der Waals surface area contributed by atoms with Crippen molar-refractivity contribution >= 4 is 34.0 Å². The number of fused-ring (bicyclic) bond motifs is 1. The maximum atomic E-state index is 14.3. The van der Waals surface area contributed by atoms with Crippen molar-refractivity contribution in [3.63, 3.8) is 0 Å². The van der Waals surface area contributed by atoms with Gasteiger partial charge in [-0.3, -0.25) is 19.2 Å². The predicted molar refractivity (Wildman–Crippen MR) is 136 cm³/mol. The van der Waals surface area contributed by atoms with Crippen LogP contribution in [0, 0.1) is 5.82 Å². The van der Waals surface area contributed by atoms with Crippen LogP contribution >= 0.6 is 0 Å². The number of nitrogens with one attached hydrogen (secondary N) is 1. The molecule has 36 heavy (non-hydrogen) atoms. The molecular formula is C27H25FN4O4. The second-order valence-corrected chi connectivity index (χ2v) is 8.83. The van der Waals surface area contributed by atoms with Crippen molar-refractivity contribution in [3.05, 3.63) is 92.1 Å². The van der Waals surface area contributed by atoms with Gasteiger partial charge in [0.15, 0.2) is 0 Å². The Kier molecular flexibility index (Phi) is 6.13. The molecule has 8 nitrogen and oxygen atoms in total. The van der Waals surface area contributed by atoms with Crippen LogP contribution in [0.1, 0.15) is 22.8 Å². The van der Waals surface area contributed by atoms with Crippen LogP contribution in [0.5, 0.6) is 0 Å². The van der Waals surface area contributed by atoms with Crippen molar-refractivity contribution in [2.24, 2.45) is 0 Å². The molecule has 5 rings (SSSR count). The normalized spacial score (nSPS) is 13.9. The van der Waals surface area contributed by atoms with Gasteiger partial charge in [-0.25, -0.2) is 4.39 Å². The average molecular weight is 489 g/mol. The fourth-order valence-electron chi connectivity index (χ4n) is 4.82. The highest BCUT2D eigenvalue weighted by atomic mass is 19.1. The lowest BCUT2D eigenvalue weighted by molar-refractivity contribution is -0.126. The van der Waals surface area contributed by atoms with Crippen molar-refractivity contribution in [1.29, 1.82) is 0 Å².